The second-order valence-corrected chi connectivity index (χ2v) is 6.51. The summed E-state index contributed by atoms with van der Waals surface area (Å²) in [5.74, 6) is 1.68. The van der Waals surface area contributed by atoms with Crippen molar-refractivity contribution in [3.05, 3.63) is 47.0 Å². The maximum absolute atomic E-state index is 6.12. The molecular weight excluding hydrogens is 356 g/mol. The molecule has 0 bridgehead atoms. The van der Waals surface area contributed by atoms with Crippen molar-refractivity contribution < 1.29 is 9.47 Å². The number of hydrogen-bond acceptors (Lipinski definition) is 3. The van der Waals surface area contributed by atoms with E-state index in [1.165, 1.54) is 5.56 Å². The highest BCUT2D eigenvalue weighted by Crippen LogP contribution is 2.35. The average Bonchev–Trinajstić information content (AvgIpc) is 2.62. The molecule has 0 amide bonds. The van der Waals surface area contributed by atoms with E-state index in [0.717, 1.165) is 12.1 Å². The minimum absolute atomic E-state index is 0.457. The van der Waals surface area contributed by atoms with Crippen LogP contribution in [0.25, 0.3) is 0 Å². The van der Waals surface area contributed by atoms with Gasteiger partial charge in [0.1, 0.15) is 11.5 Å². The summed E-state index contributed by atoms with van der Waals surface area (Å²) in [7, 11) is 3.14. The van der Waals surface area contributed by atoms with Gasteiger partial charge in [-0.3, -0.25) is 0 Å². The Morgan fingerprint density at radius 1 is 1.08 bits per heavy atom. The van der Waals surface area contributed by atoms with Crippen LogP contribution in [-0.4, -0.2) is 19.3 Å². The highest BCUT2D eigenvalue weighted by atomic mass is 35.5. The van der Waals surface area contributed by atoms with Crippen molar-refractivity contribution >= 4 is 40.3 Å². The van der Waals surface area contributed by atoms with Gasteiger partial charge in [0.25, 0.3) is 0 Å². The molecule has 0 aliphatic heterocycles. The molecule has 134 valence electrons. The molecule has 25 heavy (non-hydrogen) atoms. The van der Waals surface area contributed by atoms with Crippen LogP contribution in [0.5, 0.6) is 11.5 Å². The van der Waals surface area contributed by atoms with E-state index < -0.39 is 0 Å². The molecule has 1 unspecified atom stereocenters. The number of ether oxygens (including phenoxy) is 2. The van der Waals surface area contributed by atoms with E-state index in [1.807, 2.05) is 12.1 Å². The van der Waals surface area contributed by atoms with Crippen LogP contribution in [0.3, 0.4) is 0 Å². The molecule has 0 aliphatic carbocycles. The van der Waals surface area contributed by atoms with Crippen molar-refractivity contribution in [1.29, 1.82) is 0 Å². The predicted octanol–water partition coefficient (Wildman–Crippen LogP) is 5.68. The molecule has 6 heteroatoms. The number of benzene rings is 2. The van der Waals surface area contributed by atoms with Gasteiger partial charge in [0.15, 0.2) is 5.11 Å². The van der Waals surface area contributed by atoms with E-state index in [9.17, 15) is 0 Å². The zero-order chi connectivity index (χ0) is 18.4. The van der Waals surface area contributed by atoms with E-state index in [2.05, 4.69) is 36.6 Å². The molecule has 0 saturated carbocycles. The summed E-state index contributed by atoms with van der Waals surface area (Å²) in [5, 5.41) is 7.22. The summed E-state index contributed by atoms with van der Waals surface area (Å²) < 4.78 is 10.6. The van der Waals surface area contributed by atoms with Crippen molar-refractivity contribution in [1.82, 2.24) is 0 Å². The Morgan fingerprint density at radius 3 is 2.28 bits per heavy atom. The van der Waals surface area contributed by atoms with Crippen LogP contribution in [0.15, 0.2) is 36.4 Å². The SMILES string of the molecule is CCC(C)c1ccc(NC(=S)Nc2cc(OC)c(Cl)cc2OC)cc1. The normalized spacial score (nSPS) is 11.6. The van der Waals surface area contributed by atoms with Crippen LogP contribution < -0.4 is 20.1 Å². The number of halogens is 1. The quantitative estimate of drug-likeness (QED) is 0.633. The highest BCUT2D eigenvalue weighted by Gasteiger charge is 2.11. The number of rotatable bonds is 6. The predicted molar refractivity (Wildman–Crippen MR) is 110 cm³/mol. The molecular formula is C19H23ClN2O2S. The first-order valence-electron chi connectivity index (χ1n) is 8.08. The van der Waals surface area contributed by atoms with Crippen LogP contribution in [0.2, 0.25) is 5.02 Å². The third-order valence-corrected chi connectivity index (χ3v) is 4.57. The van der Waals surface area contributed by atoms with Crippen LogP contribution in [0.4, 0.5) is 11.4 Å². The highest BCUT2D eigenvalue weighted by molar-refractivity contribution is 7.80. The van der Waals surface area contributed by atoms with Gasteiger partial charge in [-0.1, -0.05) is 37.6 Å². The molecule has 1 atom stereocenters. The van der Waals surface area contributed by atoms with E-state index in [0.29, 0.717) is 33.2 Å². The number of methoxy groups -OCH3 is 2. The molecule has 0 saturated heterocycles. The van der Waals surface area contributed by atoms with Gasteiger partial charge in [-0.05, 0) is 42.3 Å². The molecule has 2 rings (SSSR count). The molecule has 2 aromatic carbocycles. The molecule has 0 aromatic heterocycles. The van der Waals surface area contributed by atoms with Crippen LogP contribution >= 0.6 is 23.8 Å². The van der Waals surface area contributed by atoms with Gasteiger partial charge in [0.2, 0.25) is 0 Å². The lowest BCUT2D eigenvalue weighted by molar-refractivity contribution is 0.405. The topological polar surface area (TPSA) is 42.5 Å². The Hall–Kier alpha value is -1.98. The summed E-state index contributed by atoms with van der Waals surface area (Å²) in [5.41, 5.74) is 2.91. The molecule has 0 spiro atoms. The Balaban J connectivity index is 2.09. The number of hydrogen-bond donors (Lipinski definition) is 2. The minimum atomic E-state index is 0.457. The maximum Gasteiger partial charge on any atom is 0.175 e. The molecule has 2 aromatic rings. The summed E-state index contributed by atoms with van der Waals surface area (Å²) >= 11 is 11.5. The number of anilines is 2. The van der Waals surface area contributed by atoms with Crippen LogP contribution in [0.1, 0.15) is 31.7 Å². The van der Waals surface area contributed by atoms with Gasteiger partial charge in [0, 0.05) is 17.8 Å². The summed E-state index contributed by atoms with van der Waals surface area (Å²) in [4.78, 5) is 0. The van der Waals surface area contributed by atoms with E-state index in [-0.39, 0.29) is 0 Å². The van der Waals surface area contributed by atoms with Crippen molar-refractivity contribution in [2.24, 2.45) is 0 Å². The van der Waals surface area contributed by atoms with Crippen LogP contribution in [-0.2, 0) is 0 Å². The summed E-state index contributed by atoms with van der Waals surface area (Å²) in [6, 6.07) is 11.7. The van der Waals surface area contributed by atoms with E-state index in [4.69, 9.17) is 33.3 Å². The lowest BCUT2D eigenvalue weighted by Crippen LogP contribution is -2.19. The monoisotopic (exact) mass is 378 g/mol. The van der Waals surface area contributed by atoms with Gasteiger partial charge in [0.05, 0.1) is 24.9 Å². The van der Waals surface area contributed by atoms with Gasteiger partial charge < -0.3 is 20.1 Å². The standard InChI is InChI=1S/C19H23ClN2O2S/c1-5-12(2)13-6-8-14(9-7-13)21-19(25)22-16-11-17(23-3)15(20)10-18(16)24-4/h6-12H,5H2,1-4H3,(H2,21,22,25). The van der Waals surface area contributed by atoms with E-state index in [1.54, 1.807) is 26.4 Å². The first kappa shape index (κ1) is 19.3. The van der Waals surface area contributed by atoms with Crippen molar-refractivity contribution in [3.63, 3.8) is 0 Å². The van der Waals surface area contributed by atoms with Crippen molar-refractivity contribution in [2.45, 2.75) is 26.2 Å². The van der Waals surface area contributed by atoms with Gasteiger partial charge in [-0.2, -0.15) is 0 Å². The second kappa shape index (κ2) is 8.92. The first-order valence-corrected chi connectivity index (χ1v) is 8.86. The smallest absolute Gasteiger partial charge is 0.175 e. The Labute approximate surface area is 159 Å². The Kier molecular flexibility index (Phi) is 6.91. The molecule has 4 nitrogen and oxygen atoms in total. The fourth-order valence-corrected chi connectivity index (χ4v) is 2.83. The third-order valence-electron chi connectivity index (χ3n) is 4.07. The average molecular weight is 379 g/mol. The molecule has 0 heterocycles. The lowest BCUT2D eigenvalue weighted by atomic mass is 9.99. The van der Waals surface area contributed by atoms with Gasteiger partial charge >= 0.3 is 0 Å². The Bertz CT molecular complexity index is 735. The fourth-order valence-electron chi connectivity index (χ4n) is 2.37. The van der Waals surface area contributed by atoms with Gasteiger partial charge in [-0.25, -0.2) is 0 Å². The largest absolute Gasteiger partial charge is 0.495 e. The zero-order valence-electron chi connectivity index (χ0n) is 14.9. The molecule has 2 N–H and O–H groups in total. The summed E-state index contributed by atoms with van der Waals surface area (Å²) in [6.45, 7) is 4.40. The molecule has 0 aliphatic rings. The molecule has 0 fully saturated rings. The first-order chi connectivity index (χ1) is 12.0. The molecule has 0 radical (unpaired) electrons. The van der Waals surface area contributed by atoms with Gasteiger partial charge in [-0.15, -0.1) is 0 Å². The maximum atomic E-state index is 6.12. The van der Waals surface area contributed by atoms with Crippen LogP contribution in [0, 0.1) is 0 Å². The van der Waals surface area contributed by atoms with E-state index >= 15 is 0 Å². The zero-order valence-corrected chi connectivity index (χ0v) is 16.4. The lowest BCUT2D eigenvalue weighted by Gasteiger charge is -2.16. The summed E-state index contributed by atoms with van der Waals surface area (Å²) in [6.07, 6.45) is 1.12. The fraction of sp³-hybridized carbons (Fsp3) is 0.316. The number of thiocarbonyl (C=S) groups is 1. The third kappa shape index (κ3) is 5.00. The number of nitrogens with one attached hydrogen (secondary N) is 2. The second-order valence-electron chi connectivity index (χ2n) is 5.70. The van der Waals surface area contributed by atoms with Crippen molar-refractivity contribution in [2.75, 3.05) is 24.9 Å². The Morgan fingerprint density at radius 2 is 1.72 bits per heavy atom. The minimum Gasteiger partial charge on any atom is -0.495 e. The van der Waals surface area contributed by atoms with Crippen molar-refractivity contribution in [3.8, 4) is 11.5 Å².